The van der Waals surface area contributed by atoms with E-state index in [1.807, 2.05) is 0 Å². The molecule has 1 aliphatic heterocycles. The highest BCUT2D eigenvalue weighted by Crippen LogP contribution is 2.22. The molecule has 0 saturated carbocycles. The van der Waals surface area contributed by atoms with Gasteiger partial charge in [0.25, 0.3) is 0 Å². The zero-order chi connectivity index (χ0) is 14.6. The summed E-state index contributed by atoms with van der Waals surface area (Å²) in [6.45, 7) is 2.35. The summed E-state index contributed by atoms with van der Waals surface area (Å²) in [7, 11) is -2.18. The van der Waals surface area contributed by atoms with Gasteiger partial charge in [0.2, 0.25) is 10.0 Å². The molecule has 112 valence electrons. The molecule has 0 bridgehead atoms. The van der Waals surface area contributed by atoms with Crippen molar-refractivity contribution in [3.63, 3.8) is 0 Å². The van der Waals surface area contributed by atoms with Gasteiger partial charge in [0, 0.05) is 12.2 Å². The van der Waals surface area contributed by atoms with Gasteiger partial charge in [-0.05, 0) is 25.2 Å². The minimum atomic E-state index is -3.53. The lowest BCUT2D eigenvalue weighted by atomic mass is 10.2. The lowest BCUT2D eigenvalue weighted by Crippen LogP contribution is -2.34. The van der Waals surface area contributed by atoms with Crippen LogP contribution in [0.3, 0.4) is 0 Å². The molecule has 0 radical (unpaired) electrons. The normalized spacial score (nSPS) is 19.8. The Balaban J connectivity index is 2.02. The van der Waals surface area contributed by atoms with Crippen LogP contribution in [-0.2, 0) is 19.5 Å². The van der Waals surface area contributed by atoms with Crippen LogP contribution in [0.4, 0.5) is 11.4 Å². The first-order valence-electron chi connectivity index (χ1n) is 6.29. The number of nitrogens with two attached hydrogens (primary N) is 1. The van der Waals surface area contributed by atoms with Crippen LogP contribution in [0, 0.1) is 0 Å². The van der Waals surface area contributed by atoms with Crippen LogP contribution in [0.25, 0.3) is 0 Å². The van der Waals surface area contributed by atoms with Gasteiger partial charge in [0.1, 0.15) is 4.90 Å². The molecule has 1 aliphatic rings. The van der Waals surface area contributed by atoms with E-state index < -0.39 is 10.0 Å². The molecule has 0 aromatic heterocycles. The number of hydrogen-bond acceptors (Lipinski definition) is 6. The molecule has 1 aromatic carbocycles. The third-order valence-electron chi connectivity index (χ3n) is 2.99. The zero-order valence-corrected chi connectivity index (χ0v) is 12.1. The highest BCUT2D eigenvalue weighted by atomic mass is 32.2. The predicted octanol–water partition coefficient (Wildman–Crippen LogP) is 0.00420. The molecular weight excluding hydrogens is 282 g/mol. The van der Waals surface area contributed by atoms with Gasteiger partial charge in [-0.15, -0.1) is 0 Å². The molecular formula is C12H19N3O4S. The van der Waals surface area contributed by atoms with Crippen molar-refractivity contribution in [1.82, 2.24) is 4.72 Å². The standard InChI is InChI=1S/C12H19N3O4S/c1-14-20(16,17)12-3-2-9(6-11(12)13)15-7-10-8-18-4-5-19-10/h2-3,6,10,14-15H,4-5,7-8,13H2,1H3. The third-order valence-corrected chi connectivity index (χ3v) is 4.48. The number of nitrogens with one attached hydrogen (secondary N) is 2. The predicted molar refractivity (Wildman–Crippen MR) is 76.1 cm³/mol. The second-order valence-corrected chi connectivity index (χ2v) is 6.26. The first-order valence-corrected chi connectivity index (χ1v) is 7.77. The van der Waals surface area contributed by atoms with Gasteiger partial charge < -0.3 is 20.5 Å². The Kier molecular flexibility index (Phi) is 4.81. The molecule has 4 N–H and O–H groups in total. The third kappa shape index (κ3) is 3.60. The molecule has 1 unspecified atom stereocenters. The van der Waals surface area contributed by atoms with E-state index in [2.05, 4.69) is 10.0 Å². The van der Waals surface area contributed by atoms with Crippen molar-refractivity contribution in [1.29, 1.82) is 0 Å². The molecule has 1 fully saturated rings. The van der Waals surface area contributed by atoms with Gasteiger partial charge in [0.15, 0.2) is 0 Å². The fourth-order valence-corrected chi connectivity index (χ4v) is 2.74. The van der Waals surface area contributed by atoms with Gasteiger partial charge >= 0.3 is 0 Å². The van der Waals surface area contributed by atoms with Crippen molar-refractivity contribution in [2.75, 3.05) is 44.5 Å². The maximum atomic E-state index is 11.7. The monoisotopic (exact) mass is 301 g/mol. The maximum absolute atomic E-state index is 11.7. The van der Waals surface area contributed by atoms with E-state index in [1.165, 1.54) is 13.1 Å². The van der Waals surface area contributed by atoms with E-state index in [1.54, 1.807) is 12.1 Å². The van der Waals surface area contributed by atoms with Crippen molar-refractivity contribution in [3.05, 3.63) is 18.2 Å². The number of rotatable bonds is 5. The summed E-state index contributed by atoms with van der Waals surface area (Å²) in [6, 6.07) is 4.74. The molecule has 7 nitrogen and oxygen atoms in total. The highest BCUT2D eigenvalue weighted by Gasteiger charge is 2.16. The number of benzene rings is 1. The van der Waals surface area contributed by atoms with Crippen LogP contribution < -0.4 is 15.8 Å². The van der Waals surface area contributed by atoms with Crippen molar-refractivity contribution < 1.29 is 17.9 Å². The summed E-state index contributed by atoms with van der Waals surface area (Å²) in [5.41, 5.74) is 6.72. The van der Waals surface area contributed by atoms with E-state index in [0.717, 1.165) is 5.69 Å². The molecule has 0 amide bonds. The van der Waals surface area contributed by atoms with Crippen molar-refractivity contribution >= 4 is 21.4 Å². The summed E-state index contributed by atoms with van der Waals surface area (Å²) < 4.78 is 36.4. The smallest absolute Gasteiger partial charge is 0.242 e. The van der Waals surface area contributed by atoms with E-state index >= 15 is 0 Å². The summed E-state index contributed by atoms with van der Waals surface area (Å²) in [6.07, 6.45) is -0.00862. The summed E-state index contributed by atoms with van der Waals surface area (Å²) in [5.74, 6) is 0. The average molecular weight is 301 g/mol. The van der Waals surface area contributed by atoms with E-state index in [0.29, 0.717) is 26.4 Å². The molecule has 1 aromatic rings. The summed E-state index contributed by atoms with van der Waals surface area (Å²) in [5, 5.41) is 3.15. The molecule has 1 saturated heterocycles. The molecule has 0 spiro atoms. The van der Waals surface area contributed by atoms with Gasteiger partial charge in [-0.25, -0.2) is 13.1 Å². The largest absolute Gasteiger partial charge is 0.398 e. The van der Waals surface area contributed by atoms with Crippen LogP contribution in [0.1, 0.15) is 0 Å². The number of nitrogen functional groups attached to an aromatic ring is 1. The number of sulfonamides is 1. The SMILES string of the molecule is CNS(=O)(=O)c1ccc(NCC2COCCO2)cc1N. The van der Waals surface area contributed by atoms with Crippen LogP contribution >= 0.6 is 0 Å². The van der Waals surface area contributed by atoms with Gasteiger partial charge in [-0.1, -0.05) is 0 Å². The van der Waals surface area contributed by atoms with Gasteiger partial charge in [0.05, 0.1) is 31.6 Å². The lowest BCUT2D eigenvalue weighted by Gasteiger charge is -2.23. The Morgan fingerprint density at radius 3 is 2.80 bits per heavy atom. The molecule has 2 rings (SSSR count). The topological polar surface area (TPSA) is 103 Å². The van der Waals surface area contributed by atoms with Crippen molar-refractivity contribution in [2.45, 2.75) is 11.0 Å². The Morgan fingerprint density at radius 2 is 2.20 bits per heavy atom. The number of anilines is 2. The minimum absolute atomic E-state index is 0.00862. The highest BCUT2D eigenvalue weighted by molar-refractivity contribution is 7.89. The summed E-state index contributed by atoms with van der Waals surface area (Å²) in [4.78, 5) is 0.0720. The Bertz CT molecular complexity index is 556. The fraction of sp³-hybridized carbons (Fsp3) is 0.500. The number of hydrogen-bond donors (Lipinski definition) is 3. The molecule has 1 heterocycles. The van der Waals surface area contributed by atoms with E-state index in [-0.39, 0.29) is 16.7 Å². The summed E-state index contributed by atoms with van der Waals surface area (Å²) >= 11 is 0. The Hall–Kier alpha value is -1.35. The molecule has 0 aliphatic carbocycles. The minimum Gasteiger partial charge on any atom is -0.398 e. The quantitative estimate of drug-likeness (QED) is 0.662. The second kappa shape index (κ2) is 6.40. The second-order valence-electron chi connectivity index (χ2n) is 4.41. The van der Waals surface area contributed by atoms with E-state index in [4.69, 9.17) is 15.2 Å². The van der Waals surface area contributed by atoms with Crippen LogP contribution in [-0.4, -0.2) is 47.9 Å². The van der Waals surface area contributed by atoms with Gasteiger partial charge in [-0.2, -0.15) is 0 Å². The maximum Gasteiger partial charge on any atom is 0.242 e. The van der Waals surface area contributed by atoms with Crippen LogP contribution in [0.15, 0.2) is 23.1 Å². The lowest BCUT2D eigenvalue weighted by molar-refractivity contribution is -0.0818. The fourth-order valence-electron chi connectivity index (χ4n) is 1.90. The van der Waals surface area contributed by atoms with Gasteiger partial charge in [-0.3, -0.25) is 0 Å². The number of ether oxygens (including phenoxy) is 2. The molecule has 8 heteroatoms. The van der Waals surface area contributed by atoms with Crippen molar-refractivity contribution in [2.24, 2.45) is 0 Å². The first kappa shape index (κ1) is 15.0. The first-order chi connectivity index (χ1) is 9.53. The Morgan fingerprint density at radius 1 is 1.40 bits per heavy atom. The van der Waals surface area contributed by atoms with Crippen LogP contribution in [0.5, 0.6) is 0 Å². The van der Waals surface area contributed by atoms with Crippen molar-refractivity contribution in [3.8, 4) is 0 Å². The van der Waals surface area contributed by atoms with Crippen LogP contribution in [0.2, 0.25) is 0 Å². The molecule has 1 atom stereocenters. The average Bonchev–Trinajstić information content (AvgIpc) is 2.46. The zero-order valence-electron chi connectivity index (χ0n) is 11.3. The van der Waals surface area contributed by atoms with E-state index in [9.17, 15) is 8.42 Å². The Labute approximate surface area is 118 Å². The molecule has 20 heavy (non-hydrogen) atoms.